The predicted octanol–water partition coefficient (Wildman–Crippen LogP) is 3.11. The van der Waals surface area contributed by atoms with Crippen LogP contribution in [0.5, 0.6) is 5.75 Å². The van der Waals surface area contributed by atoms with Gasteiger partial charge in [0.25, 0.3) is 0 Å². The Morgan fingerprint density at radius 2 is 2.17 bits per heavy atom. The van der Waals surface area contributed by atoms with Gasteiger partial charge in [-0.05, 0) is 37.9 Å². The Kier molecular flexibility index (Phi) is 4.46. The first-order chi connectivity index (χ1) is 8.74. The molecule has 0 amide bonds. The molecule has 96 valence electrons. The van der Waals surface area contributed by atoms with Gasteiger partial charge in [-0.3, -0.25) is 0 Å². The van der Waals surface area contributed by atoms with Gasteiger partial charge in [0.2, 0.25) is 0 Å². The van der Waals surface area contributed by atoms with Gasteiger partial charge in [-0.1, -0.05) is 18.0 Å². The molecule has 3 nitrogen and oxygen atoms in total. The number of halogens is 1. The first-order valence-corrected chi connectivity index (χ1v) is 6.68. The summed E-state index contributed by atoms with van der Waals surface area (Å²) in [4.78, 5) is 0. The summed E-state index contributed by atoms with van der Waals surface area (Å²) in [6, 6.07) is 7.24. The molecule has 1 saturated carbocycles. The van der Waals surface area contributed by atoms with Gasteiger partial charge < -0.3 is 10.5 Å². The molecule has 2 N–H and O–H groups in total. The molecule has 0 spiro atoms. The lowest BCUT2D eigenvalue weighted by atomic mass is 9.86. The number of ether oxygens (including phenoxy) is 1. The largest absolute Gasteiger partial charge is 0.489 e. The molecule has 1 aliphatic rings. The second-order valence-electron chi connectivity index (χ2n) is 4.69. The van der Waals surface area contributed by atoms with E-state index in [0.29, 0.717) is 28.8 Å². The Labute approximate surface area is 112 Å². The van der Waals surface area contributed by atoms with E-state index >= 15 is 0 Å². The Balaban J connectivity index is 2.17. The van der Waals surface area contributed by atoms with Crippen LogP contribution in [0.15, 0.2) is 18.2 Å². The summed E-state index contributed by atoms with van der Waals surface area (Å²) >= 11 is 5.95. The molecule has 2 unspecified atom stereocenters. The van der Waals surface area contributed by atoms with Gasteiger partial charge in [0.1, 0.15) is 17.9 Å². The van der Waals surface area contributed by atoms with E-state index in [9.17, 15) is 0 Å². The minimum atomic E-state index is 0.106. The van der Waals surface area contributed by atoms with Crippen molar-refractivity contribution in [2.24, 2.45) is 11.7 Å². The maximum absolute atomic E-state index is 9.06. The Bertz CT molecular complexity index is 456. The monoisotopic (exact) mass is 264 g/mol. The van der Waals surface area contributed by atoms with Crippen LogP contribution in [0.2, 0.25) is 5.02 Å². The van der Waals surface area contributed by atoms with E-state index < -0.39 is 0 Å². The fraction of sp³-hybridized carbons (Fsp3) is 0.500. The average Bonchev–Trinajstić information content (AvgIpc) is 2.40. The van der Waals surface area contributed by atoms with E-state index in [1.54, 1.807) is 18.2 Å². The molecule has 0 radical (unpaired) electrons. The van der Waals surface area contributed by atoms with Crippen molar-refractivity contribution in [1.29, 1.82) is 5.26 Å². The van der Waals surface area contributed by atoms with E-state index in [0.717, 1.165) is 19.3 Å². The van der Waals surface area contributed by atoms with Gasteiger partial charge in [0.15, 0.2) is 0 Å². The highest BCUT2D eigenvalue weighted by atomic mass is 35.5. The molecule has 1 aromatic carbocycles. The molecule has 0 aromatic heterocycles. The second-order valence-corrected chi connectivity index (χ2v) is 5.13. The molecule has 4 heteroatoms. The number of hydrogen-bond donors (Lipinski definition) is 1. The summed E-state index contributed by atoms with van der Waals surface area (Å²) in [7, 11) is 0. The number of nitrogens with two attached hydrogens (primary N) is 1. The van der Waals surface area contributed by atoms with E-state index in [4.69, 9.17) is 27.3 Å². The number of hydrogen-bond acceptors (Lipinski definition) is 3. The third kappa shape index (κ3) is 2.95. The van der Waals surface area contributed by atoms with Crippen molar-refractivity contribution < 1.29 is 4.74 Å². The van der Waals surface area contributed by atoms with Crippen LogP contribution < -0.4 is 10.5 Å². The van der Waals surface area contributed by atoms with Crippen molar-refractivity contribution in [3.8, 4) is 11.8 Å². The predicted molar refractivity (Wildman–Crippen MR) is 71.6 cm³/mol. The minimum Gasteiger partial charge on any atom is -0.489 e. The maximum Gasteiger partial charge on any atom is 0.138 e. The summed E-state index contributed by atoms with van der Waals surface area (Å²) in [6.45, 7) is 0.632. The van der Waals surface area contributed by atoms with Gasteiger partial charge in [-0.25, -0.2) is 0 Å². The van der Waals surface area contributed by atoms with Crippen molar-refractivity contribution in [3.05, 3.63) is 28.8 Å². The molecule has 1 fully saturated rings. The molecule has 2 rings (SSSR count). The molecule has 0 heterocycles. The fourth-order valence-corrected chi connectivity index (χ4v) is 2.61. The molecule has 0 aliphatic heterocycles. The van der Waals surface area contributed by atoms with Crippen molar-refractivity contribution >= 4 is 11.6 Å². The van der Waals surface area contributed by atoms with Crippen molar-refractivity contribution in [2.75, 3.05) is 6.54 Å². The van der Waals surface area contributed by atoms with Gasteiger partial charge >= 0.3 is 0 Å². The van der Waals surface area contributed by atoms with Crippen molar-refractivity contribution in [2.45, 2.75) is 31.8 Å². The Hall–Kier alpha value is -1.24. The summed E-state index contributed by atoms with van der Waals surface area (Å²) in [5.74, 6) is 0.958. The highest BCUT2D eigenvalue weighted by Crippen LogP contribution is 2.30. The summed E-state index contributed by atoms with van der Waals surface area (Å²) < 4.78 is 5.97. The van der Waals surface area contributed by atoms with Crippen LogP contribution in [0.25, 0.3) is 0 Å². The molecule has 1 aliphatic carbocycles. The SMILES string of the molecule is N#Cc1ccc(Cl)cc1OC1CCCCC1CN. The van der Waals surface area contributed by atoms with Gasteiger partial charge in [-0.2, -0.15) is 5.26 Å². The van der Waals surface area contributed by atoms with Crippen LogP contribution in [-0.4, -0.2) is 12.6 Å². The number of benzene rings is 1. The molecule has 0 bridgehead atoms. The number of rotatable bonds is 3. The minimum absolute atomic E-state index is 0.106. The Morgan fingerprint density at radius 1 is 1.39 bits per heavy atom. The van der Waals surface area contributed by atoms with Crippen LogP contribution in [0.3, 0.4) is 0 Å². The van der Waals surface area contributed by atoms with Gasteiger partial charge in [-0.15, -0.1) is 0 Å². The topological polar surface area (TPSA) is 59.0 Å². The lowest BCUT2D eigenvalue weighted by Crippen LogP contribution is -2.35. The van der Waals surface area contributed by atoms with E-state index in [1.807, 2.05) is 0 Å². The van der Waals surface area contributed by atoms with Crippen LogP contribution in [-0.2, 0) is 0 Å². The first-order valence-electron chi connectivity index (χ1n) is 6.31. The second kappa shape index (κ2) is 6.08. The summed E-state index contributed by atoms with van der Waals surface area (Å²) in [5, 5.41) is 9.65. The molecule has 1 aromatic rings. The van der Waals surface area contributed by atoms with Crippen LogP contribution in [0.1, 0.15) is 31.2 Å². The zero-order chi connectivity index (χ0) is 13.0. The highest BCUT2D eigenvalue weighted by molar-refractivity contribution is 6.30. The quantitative estimate of drug-likeness (QED) is 0.913. The fourth-order valence-electron chi connectivity index (χ4n) is 2.45. The third-order valence-electron chi connectivity index (χ3n) is 3.48. The van der Waals surface area contributed by atoms with E-state index in [2.05, 4.69) is 6.07 Å². The smallest absolute Gasteiger partial charge is 0.138 e. The van der Waals surface area contributed by atoms with Crippen LogP contribution in [0, 0.1) is 17.2 Å². The molecule has 18 heavy (non-hydrogen) atoms. The normalized spacial score (nSPS) is 23.4. The van der Waals surface area contributed by atoms with Gasteiger partial charge in [0.05, 0.1) is 5.56 Å². The standard InChI is InChI=1S/C14H17ClN2O/c15-12-6-5-11(9-17)14(7-12)18-13-4-2-1-3-10(13)8-16/h5-7,10,13H,1-4,8,16H2. The van der Waals surface area contributed by atoms with Crippen molar-refractivity contribution in [1.82, 2.24) is 0 Å². The number of nitrogens with zero attached hydrogens (tertiary/aromatic N) is 1. The molecular weight excluding hydrogens is 248 g/mol. The van der Waals surface area contributed by atoms with Crippen molar-refractivity contribution in [3.63, 3.8) is 0 Å². The Morgan fingerprint density at radius 3 is 2.89 bits per heavy atom. The zero-order valence-electron chi connectivity index (χ0n) is 10.2. The zero-order valence-corrected chi connectivity index (χ0v) is 11.0. The van der Waals surface area contributed by atoms with Gasteiger partial charge in [0, 0.05) is 17.0 Å². The molecular formula is C14H17ClN2O. The van der Waals surface area contributed by atoms with E-state index in [-0.39, 0.29) is 6.10 Å². The van der Waals surface area contributed by atoms with E-state index in [1.165, 1.54) is 6.42 Å². The molecule has 2 atom stereocenters. The highest BCUT2D eigenvalue weighted by Gasteiger charge is 2.26. The lowest BCUT2D eigenvalue weighted by molar-refractivity contribution is 0.0967. The van der Waals surface area contributed by atoms with Crippen LogP contribution >= 0.6 is 11.6 Å². The first kappa shape index (κ1) is 13.2. The number of nitriles is 1. The lowest BCUT2D eigenvalue weighted by Gasteiger charge is -2.31. The summed E-state index contributed by atoms with van der Waals surface area (Å²) in [5.41, 5.74) is 6.31. The maximum atomic E-state index is 9.06. The summed E-state index contributed by atoms with van der Waals surface area (Å²) in [6.07, 6.45) is 4.57. The third-order valence-corrected chi connectivity index (χ3v) is 3.72. The average molecular weight is 265 g/mol. The molecule has 0 saturated heterocycles. The van der Waals surface area contributed by atoms with Crippen LogP contribution in [0.4, 0.5) is 0 Å².